The highest BCUT2D eigenvalue weighted by atomic mass is 32.2. The molecule has 0 aromatic heterocycles. The predicted octanol–water partition coefficient (Wildman–Crippen LogP) is 3.34. The Morgan fingerprint density at radius 3 is 1.33 bits per heavy atom. The topological polar surface area (TPSA) is 86.7 Å². The second kappa shape index (κ2) is 7.71. The number of benzene rings is 2. The van der Waals surface area contributed by atoms with Crippen LogP contribution < -0.4 is 0 Å². The third-order valence-corrected chi connectivity index (χ3v) is 7.23. The lowest BCUT2D eigenvalue weighted by Crippen LogP contribution is -2.20. The fourth-order valence-electron chi connectivity index (χ4n) is 2.95. The molecule has 6 nitrogen and oxygen atoms in total. The summed E-state index contributed by atoms with van der Waals surface area (Å²) in [5, 5.41) is 0. The molecule has 1 fully saturated rings. The molecule has 1 aliphatic carbocycles. The molecule has 1 saturated carbocycles. The van der Waals surface area contributed by atoms with E-state index in [0.717, 1.165) is 11.1 Å². The Balaban J connectivity index is 1.63. The van der Waals surface area contributed by atoms with Gasteiger partial charge in [-0.3, -0.25) is 8.37 Å². The molecule has 8 heteroatoms. The summed E-state index contributed by atoms with van der Waals surface area (Å²) in [6, 6.07) is 12.8. The van der Waals surface area contributed by atoms with Crippen LogP contribution in [0.4, 0.5) is 0 Å². The molecule has 0 N–H and O–H groups in total. The largest absolute Gasteiger partial charge is 0.297 e. The molecule has 3 rings (SSSR count). The Morgan fingerprint density at radius 1 is 0.667 bits per heavy atom. The van der Waals surface area contributed by atoms with Gasteiger partial charge >= 0.3 is 0 Å². The highest BCUT2D eigenvalue weighted by molar-refractivity contribution is 7.87. The van der Waals surface area contributed by atoms with E-state index < -0.39 is 32.4 Å². The lowest BCUT2D eigenvalue weighted by molar-refractivity contribution is 0.175. The van der Waals surface area contributed by atoms with Crippen LogP contribution in [-0.4, -0.2) is 29.0 Å². The Morgan fingerprint density at radius 2 is 1.00 bits per heavy atom. The first-order valence-corrected chi connectivity index (χ1v) is 11.5. The molecule has 2 atom stereocenters. The van der Waals surface area contributed by atoms with Crippen molar-refractivity contribution < 1.29 is 25.2 Å². The van der Waals surface area contributed by atoms with Crippen molar-refractivity contribution in [3.63, 3.8) is 0 Å². The molecule has 0 heterocycles. The number of rotatable bonds is 6. The zero-order chi connectivity index (χ0) is 19.7. The Kier molecular flexibility index (Phi) is 5.71. The molecule has 2 aromatic rings. The van der Waals surface area contributed by atoms with Crippen molar-refractivity contribution >= 4 is 20.2 Å². The number of hydrogen-bond donors (Lipinski definition) is 0. The van der Waals surface area contributed by atoms with Crippen molar-refractivity contribution in [3.05, 3.63) is 59.7 Å². The zero-order valence-corrected chi connectivity index (χ0v) is 16.8. The van der Waals surface area contributed by atoms with E-state index in [4.69, 9.17) is 8.37 Å². The fraction of sp³-hybridized carbons (Fsp3) is 0.368. The monoisotopic (exact) mass is 410 g/mol. The number of aryl methyl sites for hydroxylation is 2. The Bertz CT molecular complexity index is 910. The lowest BCUT2D eigenvalue weighted by Gasteiger charge is -2.14. The minimum Gasteiger partial charge on any atom is -0.263 e. The van der Waals surface area contributed by atoms with Crippen LogP contribution in [0.3, 0.4) is 0 Å². The van der Waals surface area contributed by atoms with Gasteiger partial charge in [-0.1, -0.05) is 35.4 Å². The van der Waals surface area contributed by atoms with Crippen molar-refractivity contribution in [2.24, 2.45) is 0 Å². The maximum absolute atomic E-state index is 12.4. The van der Waals surface area contributed by atoms with Gasteiger partial charge in [0.2, 0.25) is 0 Å². The van der Waals surface area contributed by atoms with Gasteiger partial charge in [0.05, 0.1) is 22.0 Å². The van der Waals surface area contributed by atoms with Crippen molar-refractivity contribution in [3.8, 4) is 0 Å². The average Bonchev–Trinajstić information content (AvgIpc) is 3.01. The molecule has 0 amide bonds. The Hall–Kier alpha value is -1.74. The van der Waals surface area contributed by atoms with E-state index in [-0.39, 0.29) is 16.2 Å². The van der Waals surface area contributed by atoms with E-state index in [9.17, 15) is 16.8 Å². The fourth-order valence-corrected chi connectivity index (χ4v) is 5.18. The molecule has 0 saturated heterocycles. The molecule has 0 spiro atoms. The molecule has 27 heavy (non-hydrogen) atoms. The van der Waals surface area contributed by atoms with Crippen LogP contribution in [0, 0.1) is 13.8 Å². The highest BCUT2D eigenvalue weighted by Gasteiger charge is 2.33. The first-order valence-electron chi connectivity index (χ1n) is 8.66. The highest BCUT2D eigenvalue weighted by Crippen LogP contribution is 2.30. The van der Waals surface area contributed by atoms with Gasteiger partial charge < -0.3 is 0 Å². The first-order chi connectivity index (χ1) is 12.7. The summed E-state index contributed by atoms with van der Waals surface area (Å²) in [6.07, 6.45) is -0.168. The van der Waals surface area contributed by atoms with Crippen LogP contribution in [0.5, 0.6) is 0 Å². The Labute approximate surface area is 160 Å². The van der Waals surface area contributed by atoms with Crippen molar-refractivity contribution in [2.45, 2.75) is 55.1 Å². The number of hydrogen-bond acceptors (Lipinski definition) is 6. The third-order valence-electron chi connectivity index (χ3n) is 4.48. The van der Waals surface area contributed by atoms with Crippen LogP contribution in [0.2, 0.25) is 0 Å². The summed E-state index contributed by atoms with van der Waals surface area (Å²) >= 11 is 0. The van der Waals surface area contributed by atoms with Crippen LogP contribution in [-0.2, 0) is 28.6 Å². The van der Waals surface area contributed by atoms with Crippen LogP contribution >= 0.6 is 0 Å². The molecule has 2 unspecified atom stereocenters. The maximum atomic E-state index is 12.4. The molecule has 0 bridgehead atoms. The lowest BCUT2D eigenvalue weighted by atomic mass is 10.2. The molecular formula is C19H22O6S2. The van der Waals surface area contributed by atoms with E-state index >= 15 is 0 Å². The summed E-state index contributed by atoms with van der Waals surface area (Å²) in [6.45, 7) is 3.73. The zero-order valence-electron chi connectivity index (χ0n) is 15.2. The van der Waals surface area contributed by atoms with Crippen LogP contribution in [0.25, 0.3) is 0 Å². The minimum absolute atomic E-state index is 0.0877. The molecule has 0 aliphatic heterocycles. The molecular weight excluding hydrogens is 388 g/mol. The normalized spacial score (nSPS) is 20.7. The molecule has 146 valence electrons. The van der Waals surface area contributed by atoms with Gasteiger partial charge in [0, 0.05) is 6.42 Å². The standard InChI is InChI=1S/C19H22O6S2/c1-14-3-9-18(10-4-14)26(20,21)24-16-7-8-17(13-16)25-27(22,23)19-11-5-15(2)6-12-19/h3-6,9-12,16-17H,7-8,13H2,1-2H3. The van der Waals surface area contributed by atoms with E-state index in [0.29, 0.717) is 12.8 Å². The SMILES string of the molecule is Cc1ccc(S(=O)(=O)OC2CCC(OS(=O)(=O)c3ccc(C)cc3)C2)cc1. The average molecular weight is 411 g/mol. The van der Waals surface area contributed by atoms with E-state index in [1.54, 1.807) is 24.3 Å². The van der Waals surface area contributed by atoms with Gasteiger partial charge in [-0.05, 0) is 51.0 Å². The summed E-state index contributed by atoms with van der Waals surface area (Å²) in [4.78, 5) is 0.175. The van der Waals surface area contributed by atoms with Gasteiger partial charge in [0.15, 0.2) is 0 Å². The van der Waals surface area contributed by atoms with E-state index in [1.165, 1.54) is 24.3 Å². The summed E-state index contributed by atoms with van der Waals surface area (Å²) in [5.74, 6) is 0. The van der Waals surface area contributed by atoms with Gasteiger partial charge in [0.1, 0.15) is 0 Å². The third kappa shape index (κ3) is 4.95. The van der Waals surface area contributed by atoms with Gasteiger partial charge in [-0.2, -0.15) is 16.8 Å². The van der Waals surface area contributed by atoms with Gasteiger partial charge in [0.25, 0.3) is 20.2 Å². The van der Waals surface area contributed by atoms with Crippen molar-refractivity contribution in [1.82, 2.24) is 0 Å². The smallest absolute Gasteiger partial charge is 0.263 e. The van der Waals surface area contributed by atoms with Gasteiger partial charge in [-0.15, -0.1) is 0 Å². The maximum Gasteiger partial charge on any atom is 0.297 e. The minimum atomic E-state index is -3.89. The van der Waals surface area contributed by atoms with Gasteiger partial charge in [-0.25, -0.2) is 0 Å². The van der Waals surface area contributed by atoms with E-state index in [1.807, 2.05) is 13.8 Å². The van der Waals surface area contributed by atoms with Crippen molar-refractivity contribution in [2.75, 3.05) is 0 Å². The van der Waals surface area contributed by atoms with Crippen LogP contribution in [0.15, 0.2) is 58.3 Å². The van der Waals surface area contributed by atoms with Crippen molar-refractivity contribution in [1.29, 1.82) is 0 Å². The molecule has 0 radical (unpaired) electrons. The quantitative estimate of drug-likeness (QED) is 0.679. The molecule has 1 aliphatic rings. The summed E-state index contributed by atoms with van der Waals surface area (Å²) < 4.78 is 60.0. The second-order valence-electron chi connectivity index (χ2n) is 6.78. The summed E-state index contributed by atoms with van der Waals surface area (Å²) in [7, 11) is -7.78. The second-order valence-corrected chi connectivity index (χ2v) is 9.93. The molecule has 2 aromatic carbocycles. The van der Waals surface area contributed by atoms with E-state index in [2.05, 4.69) is 0 Å². The van der Waals surface area contributed by atoms with Crippen LogP contribution in [0.1, 0.15) is 30.4 Å². The summed E-state index contributed by atoms with van der Waals surface area (Å²) in [5.41, 5.74) is 1.90. The predicted molar refractivity (Wildman–Crippen MR) is 100 cm³/mol. The first kappa shape index (κ1) is 20.0.